The number of nitrogens with two attached hydrogens (primary N) is 1. The van der Waals surface area contributed by atoms with Crippen molar-refractivity contribution in [2.75, 3.05) is 0 Å². The van der Waals surface area contributed by atoms with Gasteiger partial charge in [-0.15, -0.1) is 0 Å². The van der Waals surface area contributed by atoms with E-state index in [0.717, 1.165) is 26.5 Å². The van der Waals surface area contributed by atoms with Crippen molar-refractivity contribution in [3.8, 4) is 0 Å². The Hall–Kier alpha value is -1.71. The van der Waals surface area contributed by atoms with Crippen LogP contribution in [-0.2, 0) is 0 Å². The van der Waals surface area contributed by atoms with Gasteiger partial charge in [-0.2, -0.15) is 0 Å². The monoisotopic (exact) mass is 326 g/mol. The van der Waals surface area contributed by atoms with Gasteiger partial charge in [0.05, 0.1) is 11.6 Å². The zero-order valence-electron chi connectivity index (χ0n) is 11.2. The van der Waals surface area contributed by atoms with Crippen LogP contribution in [0, 0.1) is 6.92 Å². The molecule has 0 aliphatic heterocycles. The SMILES string of the molecule is Cc1ccc(C(N)c2ccc3ncccc3c2)cc1Br. The third kappa shape index (κ3) is 2.47. The summed E-state index contributed by atoms with van der Waals surface area (Å²) in [6.07, 6.45) is 1.80. The number of rotatable bonds is 2. The molecule has 0 saturated carbocycles. The summed E-state index contributed by atoms with van der Waals surface area (Å²) in [6.45, 7) is 2.07. The first kappa shape index (κ1) is 13.3. The largest absolute Gasteiger partial charge is 0.320 e. The van der Waals surface area contributed by atoms with Gasteiger partial charge in [0, 0.05) is 16.1 Å². The lowest BCUT2D eigenvalue weighted by molar-refractivity contribution is 0.871. The summed E-state index contributed by atoms with van der Waals surface area (Å²) in [4.78, 5) is 4.33. The maximum absolute atomic E-state index is 6.39. The highest BCUT2D eigenvalue weighted by molar-refractivity contribution is 9.10. The summed E-state index contributed by atoms with van der Waals surface area (Å²) in [6, 6.07) is 16.3. The van der Waals surface area contributed by atoms with Gasteiger partial charge in [0.25, 0.3) is 0 Å². The van der Waals surface area contributed by atoms with E-state index in [1.165, 1.54) is 5.56 Å². The molecular weight excluding hydrogens is 312 g/mol. The fourth-order valence-electron chi connectivity index (χ4n) is 2.28. The molecule has 20 heavy (non-hydrogen) atoms. The van der Waals surface area contributed by atoms with Crippen LogP contribution in [0.1, 0.15) is 22.7 Å². The normalized spacial score (nSPS) is 12.6. The Balaban J connectivity index is 2.02. The summed E-state index contributed by atoms with van der Waals surface area (Å²) in [5.41, 5.74) is 10.8. The van der Waals surface area contributed by atoms with Crippen LogP contribution in [-0.4, -0.2) is 4.98 Å². The Morgan fingerprint density at radius 2 is 1.80 bits per heavy atom. The van der Waals surface area contributed by atoms with Gasteiger partial charge in [0.15, 0.2) is 0 Å². The number of fused-ring (bicyclic) bond motifs is 1. The lowest BCUT2D eigenvalue weighted by Gasteiger charge is -2.14. The Bertz CT molecular complexity index is 768. The molecule has 0 radical (unpaired) electrons. The number of aryl methyl sites for hydroxylation is 1. The predicted octanol–water partition coefficient (Wildman–Crippen LogP) is 4.35. The molecule has 0 fully saturated rings. The molecule has 3 rings (SSSR count). The lowest BCUT2D eigenvalue weighted by atomic mass is 9.97. The summed E-state index contributed by atoms with van der Waals surface area (Å²) in [5, 5.41) is 1.12. The standard InChI is InChI=1S/C17H15BrN2/c1-11-4-5-14(10-15(11)18)17(19)13-6-7-16-12(9-13)3-2-8-20-16/h2-10,17H,19H2,1H3. The molecule has 0 amide bonds. The number of aromatic nitrogens is 1. The molecule has 2 aromatic carbocycles. The van der Waals surface area contributed by atoms with Gasteiger partial charge in [-0.05, 0) is 47.9 Å². The van der Waals surface area contributed by atoms with Gasteiger partial charge in [-0.25, -0.2) is 0 Å². The molecule has 0 saturated heterocycles. The van der Waals surface area contributed by atoms with Crippen LogP contribution in [0.25, 0.3) is 10.9 Å². The van der Waals surface area contributed by atoms with Gasteiger partial charge in [0.1, 0.15) is 0 Å². The lowest BCUT2D eigenvalue weighted by Crippen LogP contribution is -2.11. The predicted molar refractivity (Wildman–Crippen MR) is 86.7 cm³/mol. The van der Waals surface area contributed by atoms with Gasteiger partial charge in [-0.3, -0.25) is 4.98 Å². The molecule has 3 aromatic rings. The number of halogens is 1. The molecule has 0 bridgehead atoms. The fraction of sp³-hybridized carbons (Fsp3) is 0.118. The quantitative estimate of drug-likeness (QED) is 0.760. The molecule has 0 spiro atoms. The Morgan fingerprint density at radius 1 is 1.05 bits per heavy atom. The summed E-state index contributed by atoms with van der Waals surface area (Å²) in [7, 11) is 0. The van der Waals surface area contributed by atoms with Crippen LogP contribution < -0.4 is 5.73 Å². The number of hydrogen-bond donors (Lipinski definition) is 1. The highest BCUT2D eigenvalue weighted by Gasteiger charge is 2.10. The van der Waals surface area contributed by atoms with Crippen molar-refractivity contribution in [1.29, 1.82) is 0 Å². The van der Waals surface area contributed by atoms with Crippen molar-refractivity contribution in [2.24, 2.45) is 5.73 Å². The highest BCUT2D eigenvalue weighted by Crippen LogP contribution is 2.26. The molecule has 1 heterocycles. The molecule has 1 unspecified atom stereocenters. The van der Waals surface area contributed by atoms with Gasteiger partial charge < -0.3 is 5.73 Å². The zero-order chi connectivity index (χ0) is 14.1. The fourth-order valence-corrected chi connectivity index (χ4v) is 2.68. The van der Waals surface area contributed by atoms with Crippen molar-refractivity contribution in [1.82, 2.24) is 4.98 Å². The highest BCUT2D eigenvalue weighted by atomic mass is 79.9. The second kappa shape index (κ2) is 5.35. The van der Waals surface area contributed by atoms with Gasteiger partial charge in [-0.1, -0.05) is 40.2 Å². The molecule has 1 aromatic heterocycles. The number of nitrogens with zero attached hydrogens (tertiary/aromatic N) is 1. The second-order valence-corrected chi connectivity index (χ2v) is 5.80. The molecule has 1 atom stereocenters. The molecule has 100 valence electrons. The molecular formula is C17H15BrN2. The van der Waals surface area contributed by atoms with Crippen molar-refractivity contribution in [3.05, 3.63) is 75.9 Å². The van der Waals surface area contributed by atoms with E-state index in [4.69, 9.17) is 5.73 Å². The summed E-state index contributed by atoms with van der Waals surface area (Å²) in [5.74, 6) is 0. The third-order valence-corrected chi connectivity index (χ3v) is 4.40. The summed E-state index contributed by atoms with van der Waals surface area (Å²) >= 11 is 3.56. The number of pyridine rings is 1. The molecule has 2 nitrogen and oxygen atoms in total. The van der Waals surface area contributed by atoms with E-state index < -0.39 is 0 Å². The topological polar surface area (TPSA) is 38.9 Å². The molecule has 3 heteroatoms. The smallest absolute Gasteiger partial charge is 0.0702 e. The molecule has 0 aliphatic carbocycles. The van der Waals surface area contributed by atoms with E-state index in [1.54, 1.807) is 6.20 Å². The van der Waals surface area contributed by atoms with Gasteiger partial charge >= 0.3 is 0 Å². The first-order valence-electron chi connectivity index (χ1n) is 6.51. The Kier molecular flexibility index (Phi) is 3.55. The van der Waals surface area contributed by atoms with Crippen LogP contribution in [0.15, 0.2) is 59.2 Å². The van der Waals surface area contributed by atoms with E-state index in [9.17, 15) is 0 Å². The van der Waals surface area contributed by atoms with E-state index in [1.807, 2.05) is 18.2 Å². The van der Waals surface area contributed by atoms with Crippen LogP contribution in [0.4, 0.5) is 0 Å². The second-order valence-electron chi connectivity index (χ2n) is 4.94. The van der Waals surface area contributed by atoms with E-state index in [2.05, 4.69) is 58.2 Å². The van der Waals surface area contributed by atoms with Crippen LogP contribution in [0.5, 0.6) is 0 Å². The van der Waals surface area contributed by atoms with E-state index in [0.29, 0.717) is 0 Å². The first-order chi connectivity index (χ1) is 9.65. The molecule has 2 N–H and O–H groups in total. The minimum Gasteiger partial charge on any atom is -0.320 e. The maximum Gasteiger partial charge on any atom is 0.0702 e. The zero-order valence-corrected chi connectivity index (χ0v) is 12.8. The van der Waals surface area contributed by atoms with Gasteiger partial charge in [0.2, 0.25) is 0 Å². The van der Waals surface area contributed by atoms with E-state index >= 15 is 0 Å². The minimum atomic E-state index is -0.128. The first-order valence-corrected chi connectivity index (χ1v) is 7.31. The van der Waals surface area contributed by atoms with Crippen molar-refractivity contribution >= 4 is 26.8 Å². The van der Waals surface area contributed by atoms with Crippen LogP contribution >= 0.6 is 15.9 Å². The van der Waals surface area contributed by atoms with Crippen molar-refractivity contribution in [2.45, 2.75) is 13.0 Å². The number of benzene rings is 2. The van der Waals surface area contributed by atoms with E-state index in [-0.39, 0.29) is 6.04 Å². The number of hydrogen-bond acceptors (Lipinski definition) is 2. The summed E-state index contributed by atoms with van der Waals surface area (Å²) < 4.78 is 1.09. The minimum absolute atomic E-state index is 0.128. The Labute approximate surface area is 126 Å². The van der Waals surface area contributed by atoms with Crippen LogP contribution in [0.3, 0.4) is 0 Å². The van der Waals surface area contributed by atoms with Crippen molar-refractivity contribution < 1.29 is 0 Å². The van der Waals surface area contributed by atoms with Crippen LogP contribution in [0.2, 0.25) is 0 Å². The Morgan fingerprint density at radius 3 is 2.60 bits per heavy atom. The maximum atomic E-state index is 6.39. The van der Waals surface area contributed by atoms with Crippen molar-refractivity contribution in [3.63, 3.8) is 0 Å². The molecule has 0 aliphatic rings. The average molecular weight is 327 g/mol. The third-order valence-electron chi connectivity index (χ3n) is 3.54. The average Bonchev–Trinajstić information content (AvgIpc) is 2.49.